The molecule has 0 aliphatic heterocycles. The lowest BCUT2D eigenvalue weighted by Gasteiger charge is -2.17. The molecular formula is C12H12ClFN2O4. The van der Waals surface area contributed by atoms with Crippen LogP contribution in [0.5, 0.6) is 0 Å². The van der Waals surface area contributed by atoms with Gasteiger partial charge in [0.1, 0.15) is 11.5 Å². The first-order valence-corrected chi connectivity index (χ1v) is 6.38. The zero-order valence-electron chi connectivity index (χ0n) is 10.3. The molecule has 1 fully saturated rings. The number of carboxylic acid groups (broad SMARTS) is 1. The van der Waals surface area contributed by atoms with Gasteiger partial charge in [-0.3, -0.25) is 14.9 Å². The second kappa shape index (κ2) is 5.62. The van der Waals surface area contributed by atoms with Gasteiger partial charge in [0.2, 0.25) is 0 Å². The summed E-state index contributed by atoms with van der Waals surface area (Å²) in [6, 6.07) is 1.43. The van der Waals surface area contributed by atoms with Crippen LogP contribution in [-0.2, 0) is 4.79 Å². The van der Waals surface area contributed by atoms with Gasteiger partial charge in [0.05, 0.1) is 22.4 Å². The van der Waals surface area contributed by atoms with Crippen molar-refractivity contribution in [2.24, 2.45) is 5.92 Å². The van der Waals surface area contributed by atoms with E-state index in [2.05, 4.69) is 5.32 Å². The fourth-order valence-electron chi connectivity index (χ4n) is 2.03. The summed E-state index contributed by atoms with van der Waals surface area (Å²) in [4.78, 5) is 21.0. The monoisotopic (exact) mass is 302 g/mol. The maximum atomic E-state index is 13.3. The zero-order valence-corrected chi connectivity index (χ0v) is 11.1. The Kier molecular flexibility index (Phi) is 4.08. The first-order chi connectivity index (χ1) is 9.38. The average Bonchev–Trinajstić information content (AvgIpc) is 3.15. The number of anilines is 1. The van der Waals surface area contributed by atoms with Crippen molar-refractivity contribution in [3.63, 3.8) is 0 Å². The smallest absolute Gasteiger partial charge is 0.305 e. The molecule has 2 N–H and O–H groups in total. The highest BCUT2D eigenvalue weighted by molar-refractivity contribution is 6.31. The average molecular weight is 303 g/mol. The van der Waals surface area contributed by atoms with Crippen molar-refractivity contribution >= 4 is 28.9 Å². The van der Waals surface area contributed by atoms with E-state index in [1.165, 1.54) is 0 Å². The van der Waals surface area contributed by atoms with Gasteiger partial charge in [0, 0.05) is 6.04 Å². The summed E-state index contributed by atoms with van der Waals surface area (Å²) in [6.45, 7) is 0. The molecule has 0 radical (unpaired) electrons. The summed E-state index contributed by atoms with van der Waals surface area (Å²) >= 11 is 5.62. The van der Waals surface area contributed by atoms with Crippen LogP contribution in [0.3, 0.4) is 0 Å². The van der Waals surface area contributed by atoms with Gasteiger partial charge in [-0.25, -0.2) is 4.39 Å². The van der Waals surface area contributed by atoms with E-state index >= 15 is 0 Å². The molecule has 6 nitrogen and oxygen atoms in total. The molecule has 0 saturated heterocycles. The largest absolute Gasteiger partial charge is 0.481 e. The third-order valence-corrected chi connectivity index (χ3v) is 3.45. The Balaban J connectivity index is 2.28. The highest BCUT2D eigenvalue weighted by atomic mass is 35.5. The lowest BCUT2D eigenvalue weighted by atomic mass is 10.1. The minimum absolute atomic E-state index is 0.0413. The quantitative estimate of drug-likeness (QED) is 0.622. The van der Waals surface area contributed by atoms with E-state index < -0.39 is 28.4 Å². The summed E-state index contributed by atoms with van der Waals surface area (Å²) in [6.07, 6.45) is 1.58. The van der Waals surface area contributed by atoms with E-state index in [1.54, 1.807) is 0 Å². The Morgan fingerprint density at radius 1 is 1.60 bits per heavy atom. The third-order valence-electron chi connectivity index (χ3n) is 3.16. The zero-order chi connectivity index (χ0) is 14.9. The summed E-state index contributed by atoms with van der Waals surface area (Å²) in [5, 5.41) is 22.3. The number of aliphatic carboxylic acids is 1. The van der Waals surface area contributed by atoms with Crippen molar-refractivity contribution in [3.8, 4) is 0 Å². The summed E-state index contributed by atoms with van der Waals surface area (Å²) in [5.74, 6) is -1.72. The second-order valence-corrected chi connectivity index (χ2v) is 5.13. The topological polar surface area (TPSA) is 92.5 Å². The Labute approximate surface area is 118 Å². The molecule has 1 saturated carbocycles. The van der Waals surface area contributed by atoms with Crippen LogP contribution in [0.2, 0.25) is 5.02 Å². The third kappa shape index (κ3) is 3.36. The van der Waals surface area contributed by atoms with Crippen LogP contribution in [0, 0.1) is 21.8 Å². The molecule has 0 bridgehead atoms. The number of nitro groups is 1. The van der Waals surface area contributed by atoms with Crippen molar-refractivity contribution < 1.29 is 19.2 Å². The molecule has 0 heterocycles. The van der Waals surface area contributed by atoms with Gasteiger partial charge >= 0.3 is 5.97 Å². The maximum Gasteiger partial charge on any atom is 0.305 e. The molecule has 0 aromatic heterocycles. The van der Waals surface area contributed by atoms with Crippen molar-refractivity contribution in [2.75, 3.05) is 5.32 Å². The van der Waals surface area contributed by atoms with E-state index in [0.717, 1.165) is 25.0 Å². The molecule has 0 spiro atoms. The summed E-state index contributed by atoms with van der Waals surface area (Å²) in [7, 11) is 0. The Hall–Kier alpha value is -1.89. The molecule has 108 valence electrons. The predicted molar refractivity (Wildman–Crippen MR) is 70.5 cm³/mol. The molecule has 1 aliphatic rings. The van der Waals surface area contributed by atoms with E-state index in [1.807, 2.05) is 0 Å². The number of nitrogens with zero attached hydrogens (tertiary/aromatic N) is 1. The SMILES string of the molecule is O=C(O)CC(Nc1cc(Cl)c(F)cc1[N+](=O)[O-])C1CC1. The highest BCUT2D eigenvalue weighted by Gasteiger charge is 2.34. The maximum absolute atomic E-state index is 13.3. The van der Waals surface area contributed by atoms with Gasteiger partial charge in [-0.1, -0.05) is 11.6 Å². The fourth-order valence-corrected chi connectivity index (χ4v) is 2.19. The van der Waals surface area contributed by atoms with E-state index in [0.29, 0.717) is 0 Å². The van der Waals surface area contributed by atoms with Crippen LogP contribution in [-0.4, -0.2) is 22.0 Å². The molecule has 20 heavy (non-hydrogen) atoms. The van der Waals surface area contributed by atoms with Gasteiger partial charge in [0.25, 0.3) is 5.69 Å². The fraction of sp³-hybridized carbons (Fsp3) is 0.417. The standard InChI is InChI=1S/C12H12ClFN2O4/c13-7-3-10(11(16(19)20)4-8(7)14)15-9(5-12(17)18)6-1-2-6/h3-4,6,9,15H,1-2,5H2,(H,17,18). The summed E-state index contributed by atoms with van der Waals surface area (Å²) < 4.78 is 13.3. The van der Waals surface area contributed by atoms with Crippen LogP contribution in [0.15, 0.2) is 12.1 Å². The van der Waals surface area contributed by atoms with Crippen LogP contribution in [0.1, 0.15) is 19.3 Å². The molecule has 2 rings (SSSR count). The molecule has 1 unspecified atom stereocenters. The van der Waals surface area contributed by atoms with E-state index in [4.69, 9.17) is 16.7 Å². The number of carboxylic acids is 1. The predicted octanol–water partition coefficient (Wildman–Crippen LogP) is 3.05. The minimum Gasteiger partial charge on any atom is -0.481 e. The van der Waals surface area contributed by atoms with Crippen LogP contribution in [0.25, 0.3) is 0 Å². The molecule has 1 aromatic carbocycles. The number of hydrogen-bond acceptors (Lipinski definition) is 4. The number of carbonyl (C=O) groups is 1. The van der Waals surface area contributed by atoms with Crippen molar-refractivity contribution in [1.29, 1.82) is 0 Å². The number of halogens is 2. The number of nitro benzene ring substituents is 1. The van der Waals surface area contributed by atoms with Crippen LogP contribution < -0.4 is 5.32 Å². The van der Waals surface area contributed by atoms with Gasteiger partial charge < -0.3 is 10.4 Å². The van der Waals surface area contributed by atoms with Gasteiger partial charge in [0.15, 0.2) is 0 Å². The first kappa shape index (κ1) is 14.5. The van der Waals surface area contributed by atoms with Gasteiger partial charge in [-0.15, -0.1) is 0 Å². The summed E-state index contributed by atoms with van der Waals surface area (Å²) in [5.41, 5.74) is -0.414. The molecule has 0 amide bonds. The lowest BCUT2D eigenvalue weighted by molar-refractivity contribution is -0.384. The van der Waals surface area contributed by atoms with Crippen LogP contribution in [0.4, 0.5) is 15.8 Å². The first-order valence-electron chi connectivity index (χ1n) is 6.00. The van der Waals surface area contributed by atoms with Crippen LogP contribution >= 0.6 is 11.6 Å². The molecule has 1 aromatic rings. The van der Waals surface area contributed by atoms with E-state index in [9.17, 15) is 19.3 Å². The molecule has 8 heteroatoms. The van der Waals surface area contributed by atoms with Crippen molar-refractivity contribution in [3.05, 3.63) is 33.1 Å². The Morgan fingerprint density at radius 2 is 2.25 bits per heavy atom. The van der Waals surface area contributed by atoms with Gasteiger partial charge in [-0.2, -0.15) is 0 Å². The van der Waals surface area contributed by atoms with Crippen molar-refractivity contribution in [2.45, 2.75) is 25.3 Å². The van der Waals surface area contributed by atoms with Gasteiger partial charge in [-0.05, 0) is 24.8 Å². The number of rotatable bonds is 6. The molecule has 1 atom stereocenters. The minimum atomic E-state index is -0.995. The number of hydrogen-bond donors (Lipinski definition) is 2. The Bertz CT molecular complexity index is 563. The second-order valence-electron chi connectivity index (χ2n) is 4.73. The van der Waals surface area contributed by atoms with E-state index in [-0.39, 0.29) is 23.0 Å². The highest BCUT2D eigenvalue weighted by Crippen LogP contribution is 2.38. The van der Waals surface area contributed by atoms with Crippen molar-refractivity contribution in [1.82, 2.24) is 0 Å². The normalized spacial score (nSPS) is 15.7. The number of nitrogens with one attached hydrogen (secondary N) is 1. The lowest BCUT2D eigenvalue weighted by Crippen LogP contribution is -2.25. The Morgan fingerprint density at radius 3 is 2.75 bits per heavy atom. The number of benzene rings is 1. The molecular weight excluding hydrogens is 291 g/mol. The molecule has 1 aliphatic carbocycles.